The largest absolute Gasteiger partial charge is 0.494 e. The van der Waals surface area contributed by atoms with Gasteiger partial charge >= 0.3 is 0 Å². The van der Waals surface area contributed by atoms with Crippen LogP contribution in [0.25, 0.3) is 0 Å². The summed E-state index contributed by atoms with van der Waals surface area (Å²) in [5, 5.41) is 14.6. The van der Waals surface area contributed by atoms with Crippen LogP contribution < -0.4 is 15.4 Å². The minimum absolute atomic E-state index is 0.188. The summed E-state index contributed by atoms with van der Waals surface area (Å²) in [6.45, 7) is 4.34. The summed E-state index contributed by atoms with van der Waals surface area (Å²) in [6, 6.07) is 6.85. The number of thiocarbonyl (C=S) groups is 1. The van der Waals surface area contributed by atoms with E-state index in [1.165, 1.54) is 0 Å². The van der Waals surface area contributed by atoms with Gasteiger partial charge in [0.15, 0.2) is 5.11 Å². The van der Waals surface area contributed by atoms with Crippen molar-refractivity contribution in [3.63, 3.8) is 0 Å². The first-order valence-electron chi connectivity index (χ1n) is 6.03. The highest BCUT2D eigenvalue weighted by atomic mass is 32.1. The summed E-state index contributed by atoms with van der Waals surface area (Å²) in [5.74, 6) is 0.322. The number of hydrogen-bond donors (Lipinski definition) is 3. The Morgan fingerprint density at radius 1 is 1.53 bits per heavy atom. The first kappa shape index (κ1) is 15.4. The number of amides is 1. The third kappa shape index (κ3) is 5.67. The van der Waals surface area contributed by atoms with Crippen molar-refractivity contribution in [3.8, 4) is 5.75 Å². The van der Waals surface area contributed by atoms with Gasteiger partial charge in [-0.15, -0.1) is 0 Å². The summed E-state index contributed by atoms with van der Waals surface area (Å²) < 4.78 is 5.32. The van der Waals surface area contributed by atoms with Gasteiger partial charge in [-0.25, -0.2) is 0 Å². The standard InChI is InChI=1S/C13H18N2O3S/c1-3-18-11-6-4-5-10(7-11)12(17)15-13(19)14-8-9(2)16/h4-7,9,16H,3,8H2,1-2H3,(H2,14,15,17,19). The highest BCUT2D eigenvalue weighted by Crippen LogP contribution is 2.12. The fraction of sp³-hybridized carbons (Fsp3) is 0.385. The van der Waals surface area contributed by atoms with Crippen molar-refractivity contribution in [2.24, 2.45) is 0 Å². The molecule has 1 unspecified atom stereocenters. The van der Waals surface area contributed by atoms with E-state index in [1.54, 1.807) is 31.2 Å². The minimum atomic E-state index is -0.531. The average Bonchev–Trinajstić information content (AvgIpc) is 2.37. The molecule has 0 saturated carbocycles. The Balaban J connectivity index is 2.57. The fourth-order valence-electron chi connectivity index (χ4n) is 1.35. The van der Waals surface area contributed by atoms with Crippen molar-refractivity contribution < 1.29 is 14.6 Å². The number of rotatable bonds is 5. The molecule has 0 fully saturated rings. The zero-order valence-corrected chi connectivity index (χ0v) is 11.8. The molecule has 0 saturated heterocycles. The molecule has 1 aromatic carbocycles. The van der Waals surface area contributed by atoms with Gasteiger partial charge in [-0.05, 0) is 44.3 Å². The molecule has 0 bridgehead atoms. The molecule has 0 heterocycles. The van der Waals surface area contributed by atoms with E-state index in [2.05, 4.69) is 10.6 Å². The first-order valence-corrected chi connectivity index (χ1v) is 6.44. The number of nitrogens with one attached hydrogen (secondary N) is 2. The molecule has 3 N–H and O–H groups in total. The van der Waals surface area contributed by atoms with Gasteiger partial charge in [-0.2, -0.15) is 0 Å². The molecule has 0 aromatic heterocycles. The molecule has 1 rings (SSSR count). The zero-order valence-electron chi connectivity index (χ0n) is 11.0. The van der Waals surface area contributed by atoms with Crippen LogP contribution in [0.2, 0.25) is 0 Å². The SMILES string of the molecule is CCOc1cccc(C(=O)NC(=S)NCC(C)O)c1. The Morgan fingerprint density at radius 2 is 2.26 bits per heavy atom. The monoisotopic (exact) mass is 282 g/mol. The van der Waals surface area contributed by atoms with E-state index in [0.29, 0.717) is 17.9 Å². The summed E-state index contributed by atoms with van der Waals surface area (Å²) >= 11 is 4.95. The van der Waals surface area contributed by atoms with Gasteiger partial charge in [-0.1, -0.05) is 6.07 Å². The number of ether oxygens (including phenoxy) is 1. The molecule has 104 valence electrons. The second-order valence-corrected chi connectivity index (χ2v) is 4.38. The Bertz CT molecular complexity index is 449. The topological polar surface area (TPSA) is 70.6 Å². The van der Waals surface area contributed by atoms with E-state index < -0.39 is 6.10 Å². The maximum absolute atomic E-state index is 11.9. The maximum Gasteiger partial charge on any atom is 0.257 e. The number of benzene rings is 1. The van der Waals surface area contributed by atoms with Gasteiger partial charge in [0.1, 0.15) is 5.75 Å². The molecule has 0 radical (unpaired) electrons. The number of carbonyl (C=O) groups excluding carboxylic acids is 1. The molecule has 1 atom stereocenters. The van der Waals surface area contributed by atoms with Gasteiger partial charge in [-0.3, -0.25) is 10.1 Å². The molecule has 1 amide bonds. The normalized spacial score (nSPS) is 11.5. The number of aliphatic hydroxyl groups is 1. The van der Waals surface area contributed by atoms with E-state index in [1.807, 2.05) is 6.92 Å². The zero-order chi connectivity index (χ0) is 14.3. The van der Waals surface area contributed by atoms with E-state index in [-0.39, 0.29) is 17.6 Å². The van der Waals surface area contributed by atoms with Crippen molar-refractivity contribution in [2.45, 2.75) is 20.0 Å². The molecule has 1 aromatic rings. The lowest BCUT2D eigenvalue weighted by atomic mass is 10.2. The van der Waals surface area contributed by atoms with Crippen molar-refractivity contribution in [1.29, 1.82) is 0 Å². The van der Waals surface area contributed by atoms with Crippen LogP contribution in [-0.4, -0.2) is 35.4 Å². The third-order valence-corrected chi connectivity index (χ3v) is 2.44. The van der Waals surface area contributed by atoms with Crippen molar-refractivity contribution in [3.05, 3.63) is 29.8 Å². The van der Waals surface area contributed by atoms with E-state index in [0.717, 1.165) is 0 Å². The van der Waals surface area contributed by atoms with E-state index in [4.69, 9.17) is 22.1 Å². The Morgan fingerprint density at radius 3 is 2.89 bits per heavy atom. The molecule has 6 heteroatoms. The molecular formula is C13H18N2O3S. The van der Waals surface area contributed by atoms with Gasteiger partial charge < -0.3 is 15.2 Å². The van der Waals surface area contributed by atoms with Crippen LogP contribution >= 0.6 is 12.2 Å². The molecular weight excluding hydrogens is 264 g/mol. The molecule has 0 spiro atoms. The molecule has 0 aliphatic heterocycles. The van der Waals surface area contributed by atoms with Crippen LogP contribution in [-0.2, 0) is 0 Å². The van der Waals surface area contributed by atoms with Crippen molar-refractivity contribution in [2.75, 3.05) is 13.2 Å². The van der Waals surface area contributed by atoms with Gasteiger partial charge in [0, 0.05) is 12.1 Å². The predicted molar refractivity (Wildman–Crippen MR) is 77.4 cm³/mol. The highest BCUT2D eigenvalue weighted by molar-refractivity contribution is 7.80. The predicted octanol–water partition coefficient (Wildman–Crippen LogP) is 1.07. The van der Waals surface area contributed by atoms with Crippen LogP contribution in [0.3, 0.4) is 0 Å². The number of carbonyl (C=O) groups is 1. The average molecular weight is 282 g/mol. The molecule has 0 aliphatic carbocycles. The summed E-state index contributed by atoms with van der Waals surface area (Å²) in [5.41, 5.74) is 0.465. The summed E-state index contributed by atoms with van der Waals surface area (Å²) in [6.07, 6.45) is -0.531. The lowest BCUT2D eigenvalue weighted by Crippen LogP contribution is -2.41. The quantitative estimate of drug-likeness (QED) is 0.705. The highest BCUT2D eigenvalue weighted by Gasteiger charge is 2.09. The smallest absolute Gasteiger partial charge is 0.257 e. The fourth-order valence-corrected chi connectivity index (χ4v) is 1.53. The maximum atomic E-state index is 11.9. The molecule has 0 aliphatic rings. The van der Waals surface area contributed by atoms with Crippen LogP contribution in [0.5, 0.6) is 5.75 Å². The Hall–Kier alpha value is -1.66. The van der Waals surface area contributed by atoms with Gasteiger partial charge in [0.05, 0.1) is 12.7 Å². The molecule has 5 nitrogen and oxygen atoms in total. The van der Waals surface area contributed by atoms with Gasteiger partial charge in [0.25, 0.3) is 5.91 Å². The van der Waals surface area contributed by atoms with Crippen LogP contribution in [0, 0.1) is 0 Å². The van der Waals surface area contributed by atoms with Crippen LogP contribution in [0.1, 0.15) is 24.2 Å². The third-order valence-electron chi connectivity index (χ3n) is 2.19. The minimum Gasteiger partial charge on any atom is -0.494 e. The summed E-state index contributed by atoms with van der Waals surface area (Å²) in [7, 11) is 0. The number of aliphatic hydroxyl groups excluding tert-OH is 1. The Kier molecular flexibility index (Phi) is 6.24. The lowest BCUT2D eigenvalue weighted by molar-refractivity contribution is 0.0975. The van der Waals surface area contributed by atoms with Gasteiger partial charge in [0.2, 0.25) is 0 Å². The van der Waals surface area contributed by atoms with Crippen LogP contribution in [0.15, 0.2) is 24.3 Å². The van der Waals surface area contributed by atoms with Crippen molar-refractivity contribution >= 4 is 23.2 Å². The number of hydrogen-bond acceptors (Lipinski definition) is 4. The van der Waals surface area contributed by atoms with Crippen molar-refractivity contribution in [1.82, 2.24) is 10.6 Å². The van der Waals surface area contributed by atoms with Crippen LogP contribution in [0.4, 0.5) is 0 Å². The summed E-state index contributed by atoms with van der Waals surface area (Å²) in [4.78, 5) is 11.9. The second kappa shape index (κ2) is 7.70. The van der Waals surface area contributed by atoms with E-state index >= 15 is 0 Å². The lowest BCUT2D eigenvalue weighted by Gasteiger charge is -2.11. The van der Waals surface area contributed by atoms with E-state index in [9.17, 15) is 4.79 Å². The Labute approximate surface area is 118 Å². The molecule has 19 heavy (non-hydrogen) atoms. The first-order chi connectivity index (χ1) is 9.02. The second-order valence-electron chi connectivity index (χ2n) is 3.97.